The second-order valence-corrected chi connectivity index (χ2v) is 5.36. The Labute approximate surface area is 137 Å². The van der Waals surface area contributed by atoms with Crippen LogP contribution in [0.3, 0.4) is 0 Å². The highest BCUT2D eigenvalue weighted by Gasteiger charge is 2.22. The Morgan fingerprint density at radius 2 is 1.70 bits per heavy atom. The van der Waals surface area contributed by atoms with Crippen LogP contribution in [0.5, 0.6) is 5.75 Å². The van der Waals surface area contributed by atoms with Gasteiger partial charge in [-0.05, 0) is 25.0 Å². The molecule has 1 amide bonds. The lowest BCUT2D eigenvalue weighted by atomic mass is 10.1. The third kappa shape index (κ3) is 5.42. The molecule has 2 unspecified atom stereocenters. The smallest absolute Gasteiger partial charge is 0.265 e. The normalized spacial score (nSPS) is 13.1. The highest BCUT2D eigenvalue weighted by atomic mass is 16.5. The molecule has 2 atom stereocenters. The van der Waals surface area contributed by atoms with Gasteiger partial charge in [-0.2, -0.15) is 0 Å². The molecule has 0 fully saturated rings. The highest BCUT2D eigenvalue weighted by molar-refractivity contribution is 5.82. The number of rotatable bonds is 8. The quantitative estimate of drug-likeness (QED) is 0.787. The van der Waals surface area contributed by atoms with Gasteiger partial charge in [-0.15, -0.1) is 0 Å². The highest BCUT2D eigenvalue weighted by Crippen LogP contribution is 2.22. The molecule has 0 aliphatic carbocycles. The summed E-state index contributed by atoms with van der Waals surface area (Å²) in [6.45, 7) is 2.34. The molecule has 0 heterocycles. The van der Waals surface area contributed by atoms with Gasteiger partial charge in [-0.1, -0.05) is 55.5 Å². The molecule has 0 spiro atoms. The van der Waals surface area contributed by atoms with Gasteiger partial charge in [-0.3, -0.25) is 4.79 Å². The van der Waals surface area contributed by atoms with Crippen molar-refractivity contribution >= 4 is 5.91 Å². The van der Waals surface area contributed by atoms with E-state index in [1.54, 1.807) is 0 Å². The van der Waals surface area contributed by atoms with E-state index in [2.05, 4.69) is 5.32 Å². The van der Waals surface area contributed by atoms with Crippen LogP contribution in [0.4, 0.5) is 0 Å². The second-order valence-electron chi connectivity index (χ2n) is 5.36. The van der Waals surface area contributed by atoms with E-state index in [0.29, 0.717) is 25.1 Å². The monoisotopic (exact) mass is 313 g/mol. The summed E-state index contributed by atoms with van der Waals surface area (Å²) >= 11 is 0. The molecule has 2 aromatic rings. The molecule has 0 saturated heterocycles. The van der Waals surface area contributed by atoms with Crippen LogP contribution >= 0.6 is 0 Å². The lowest BCUT2D eigenvalue weighted by molar-refractivity contribution is -0.128. The number of aliphatic hydroxyl groups excluding tert-OH is 1. The standard InChI is InChI=1S/C19H23NO3/c1-2-16(21)13-14-20-19(22)18(15-9-5-3-6-10-15)23-17-11-7-4-8-12-17/h3-12,16,18,21H,2,13-14H2,1H3,(H,20,22). The van der Waals surface area contributed by atoms with Crippen LogP contribution in [-0.2, 0) is 4.79 Å². The Bertz CT molecular complexity index is 586. The number of carbonyl (C=O) groups excluding carboxylic acids is 1. The van der Waals surface area contributed by atoms with Crippen molar-refractivity contribution in [1.29, 1.82) is 0 Å². The van der Waals surface area contributed by atoms with Gasteiger partial charge in [-0.25, -0.2) is 0 Å². The van der Waals surface area contributed by atoms with Crippen LogP contribution in [0.15, 0.2) is 60.7 Å². The van der Waals surface area contributed by atoms with Gasteiger partial charge in [0.2, 0.25) is 6.10 Å². The zero-order chi connectivity index (χ0) is 16.5. The van der Waals surface area contributed by atoms with E-state index in [-0.39, 0.29) is 12.0 Å². The molecule has 0 aliphatic rings. The molecule has 0 aliphatic heterocycles. The predicted octanol–water partition coefficient (Wildman–Crippen LogP) is 3.08. The summed E-state index contributed by atoms with van der Waals surface area (Å²) in [5.74, 6) is 0.438. The number of carbonyl (C=O) groups is 1. The van der Waals surface area contributed by atoms with Crippen LogP contribution in [0.2, 0.25) is 0 Å². The van der Waals surface area contributed by atoms with Crippen LogP contribution in [-0.4, -0.2) is 23.7 Å². The van der Waals surface area contributed by atoms with Gasteiger partial charge in [0.05, 0.1) is 6.10 Å². The Morgan fingerprint density at radius 3 is 2.30 bits per heavy atom. The van der Waals surface area contributed by atoms with Crippen LogP contribution in [0.1, 0.15) is 31.4 Å². The maximum atomic E-state index is 12.5. The summed E-state index contributed by atoms with van der Waals surface area (Å²) in [4.78, 5) is 12.5. The second kappa shape index (κ2) is 8.96. The Hall–Kier alpha value is -2.33. The first kappa shape index (κ1) is 17.0. The zero-order valence-electron chi connectivity index (χ0n) is 13.3. The Balaban J connectivity index is 2.06. The van der Waals surface area contributed by atoms with E-state index in [4.69, 9.17) is 4.74 Å². The summed E-state index contributed by atoms with van der Waals surface area (Å²) in [5, 5.41) is 12.4. The van der Waals surface area contributed by atoms with Crippen molar-refractivity contribution in [2.45, 2.75) is 32.0 Å². The van der Waals surface area contributed by atoms with Gasteiger partial charge in [0.25, 0.3) is 5.91 Å². The first-order valence-corrected chi connectivity index (χ1v) is 7.93. The zero-order valence-corrected chi connectivity index (χ0v) is 13.3. The molecule has 4 nitrogen and oxygen atoms in total. The first-order chi connectivity index (χ1) is 11.2. The number of nitrogens with one attached hydrogen (secondary N) is 1. The fourth-order valence-electron chi connectivity index (χ4n) is 2.19. The molecule has 2 aromatic carbocycles. The minimum Gasteiger partial charge on any atom is -0.476 e. The lowest BCUT2D eigenvalue weighted by Crippen LogP contribution is -2.34. The molecule has 4 heteroatoms. The first-order valence-electron chi connectivity index (χ1n) is 7.93. The van der Waals surface area contributed by atoms with E-state index in [9.17, 15) is 9.90 Å². The number of hydrogen-bond donors (Lipinski definition) is 2. The summed E-state index contributed by atoms with van der Waals surface area (Å²) in [7, 11) is 0. The van der Waals surface area contributed by atoms with Crippen molar-refractivity contribution in [3.05, 3.63) is 66.2 Å². The maximum Gasteiger partial charge on any atom is 0.265 e. The molecule has 0 radical (unpaired) electrons. The summed E-state index contributed by atoms with van der Waals surface area (Å²) in [5.41, 5.74) is 0.796. The van der Waals surface area contributed by atoms with Gasteiger partial charge in [0.15, 0.2) is 0 Å². The van der Waals surface area contributed by atoms with Crippen molar-refractivity contribution in [1.82, 2.24) is 5.32 Å². The van der Waals surface area contributed by atoms with Crippen LogP contribution in [0.25, 0.3) is 0 Å². The molecule has 2 N–H and O–H groups in total. The number of ether oxygens (including phenoxy) is 1. The number of hydrogen-bond acceptors (Lipinski definition) is 3. The van der Waals surface area contributed by atoms with Crippen molar-refractivity contribution in [2.24, 2.45) is 0 Å². The summed E-state index contributed by atoms with van der Waals surface area (Å²) < 4.78 is 5.87. The molecular weight excluding hydrogens is 290 g/mol. The summed E-state index contributed by atoms with van der Waals surface area (Å²) in [6, 6.07) is 18.7. The average molecular weight is 313 g/mol. The van der Waals surface area contributed by atoms with Gasteiger partial charge >= 0.3 is 0 Å². The molecule has 2 rings (SSSR count). The number of benzene rings is 2. The Kier molecular flexibility index (Phi) is 6.63. The summed E-state index contributed by atoms with van der Waals surface area (Å²) in [6.07, 6.45) is 0.117. The predicted molar refractivity (Wildman–Crippen MR) is 90.2 cm³/mol. The van der Waals surface area contributed by atoms with Crippen molar-refractivity contribution in [2.75, 3.05) is 6.54 Å². The van der Waals surface area contributed by atoms with E-state index in [1.807, 2.05) is 67.6 Å². The molecule has 0 saturated carbocycles. The Morgan fingerprint density at radius 1 is 1.09 bits per heavy atom. The lowest BCUT2D eigenvalue weighted by Gasteiger charge is -2.19. The van der Waals surface area contributed by atoms with Crippen molar-refractivity contribution in [3.63, 3.8) is 0 Å². The van der Waals surface area contributed by atoms with E-state index in [1.165, 1.54) is 0 Å². The van der Waals surface area contributed by atoms with E-state index in [0.717, 1.165) is 5.56 Å². The largest absolute Gasteiger partial charge is 0.476 e. The van der Waals surface area contributed by atoms with Crippen LogP contribution < -0.4 is 10.1 Å². The third-order valence-corrected chi connectivity index (χ3v) is 3.59. The van der Waals surface area contributed by atoms with Crippen LogP contribution in [0, 0.1) is 0 Å². The fraction of sp³-hybridized carbons (Fsp3) is 0.316. The number of para-hydroxylation sites is 1. The molecule has 0 aromatic heterocycles. The minimum absolute atomic E-state index is 0.205. The maximum absolute atomic E-state index is 12.5. The number of aliphatic hydroxyl groups is 1. The van der Waals surface area contributed by atoms with Gasteiger partial charge in [0, 0.05) is 12.1 Å². The van der Waals surface area contributed by atoms with E-state index >= 15 is 0 Å². The SMILES string of the molecule is CCC(O)CCNC(=O)C(Oc1ccccc1)c1ccccc1. The molecule has 122 valence electrons. The topological polar surface area (TPSA) is 58.6 Å². The third-order valence-electron chi connectivity index (χ3n) is 3.59. The molecular formula is C19H23NO3. The average Bonchev–Trinajstić information content (AvgIpc) is 2.61. The number of amides is 1. The van der Waals surface area contributed by atoms with Crippen molar-refractivity contribution in [3.8, 4) is 5.75 Å². The molecule has 0 bridgehead atoms. The fourth-order valence-corrected chi connectivity index (χ4v) is 2.19. The van der Waals surface area contributed by atoms with E-state index < -0.39 is 6.10 Å². The molecule has 23 heavy (non-hydrogen) atoms. The minimum atomic E-state index is -0.711. The van der Waals surface area contributed by atoms with Gasteiger partial charge < -0.3 is 15.2 Å². The van der Waals surface area contributed by atoms with Crippen molar-refractivity contribution < 1.29 is 14.6 Å². The van der Waals surface area contributed by atoms with Gasteiger partial charge in [0.1, 0.15) is 5.75 Å².